The van der Waals surface area contributed by atoms with Gasteiger partial charge in [-0.05, 0) is 40.0 Å². The van der Waals surface area contributed by atoms with Gasteiger partial charge in [0.15, 0.2) is 0 Å². The SMILES string of the molecule is CC[C@@H](NC(=O)OC(C)(C)C)C(=O)N1CCC(C(F)(F)F)CC1. The lowest BCUT2D eigenvalue weighted by molar-refractivity contribution is -0.186. The van der Waals surface area contributed by atoms with E-state index in [1.165, 1.54) is 4.90 Å². The van der Waals surface area contributed by atoms with Crippen molar-refractivity contribution in [3.05, 3.63) is 0 Å². The minimum absolute atomic E-state index is 0.0511. The fraction of sp³-hybridized carbons (Fsp3) is 0.867. The molecule has 0 unspecified atom stereocenters. The molecule has 8 heteroatoms. The number of hydrogen-bond acceptors (Lipinski definition) is 3. The Morgan fingerprint density at radius 2 is 1.74 bits per heavy atom. The second kappa shape index (κ2) is 7.40. The number of ether oxygens (including phenoxy) is 1. The average molecular weight is 338 g/mol. The fourth-order valence-corrected chi connectivity index (χ4v) is 2.44. The van der Waals surface area contributed by atoms with Crippen LogP contribution in [-0.2, 0) is 9.53 Å². The van der Waals surface area contributed by atoms with Crippen LogP contribution in [0.2, 0.25) is 0 Å². The van der Waals surface area contributed by atoms with Gasteiger partial charge in [-0.25, -0.2) is 4.79 Å². The molecule has 0 aliphatic carbocycles. The maximum atomic E-state index is 12.6. The van der Waals surface area contributed by atoms with E-state index in [1.54, 1.807) is 27.7 Å². The van der Waals surface area contributed by atoms with Crippen molar-refractivity contribution >= 4 is 12.0 Å². The molecule has 1 aliphatic heterocycles. The molecular weight excluding hydrogens is 313 g/mol. The highest BCUT2D eigenvalue weighted by atomic mass is 19.4. The molecule has 1 aliphatic rings. The highest BCUT2D eigenvalue weighted by molar-refractivity contribution is 5.85. The molecular formula is C15H25F3N2O3. The first-order valence-corrected chi connectivity index (χ1v) is 7.79. The molecule has 1 rings (SSSR count). The van der Waals surface area contributed by atoms with Crippen LogP contribution in [0.3, 0.4) is 0 Å². The van der Waals surface area contributed by atoms with Gasteiger partial charge in [-0.1, -0.05) is 6.92 Å². The number of carbonyl (C=O) groups is 2. The number of piperidine rings is 1. The van der Waals surface area contributed by atoms with E-state index in [0.717, 1.165) is 0 Å². The Morgan fingerprint density at radius 1 is 1.22 bits per heavy atom. The third kappa shape index (κ3) is 6.27. The summed E-state index contributed by atoms with van der Waals surface area (Å²) >= 11 is 0. The van der Waals surface area contributed by atoms with E-state index in [9.17, 15) is 22.8 Å². The number of rotatable bonds is 3. The van der Waals surface area contributed by atoms with Gasteiger partial charge in [0.2, 0.25) is 5.91 Å². The summed E-state index contributed by atoms with van der Waals surface area (Å²) in [5.41, 5.74) is -0.684. The zero-order valence-electron chi connectivity index (χ0n) is 14.0. The molecule has 1 atom stereocenters. The standard InChI is InChI=1S/C15H25F3N2O3/c1-5-11(19-13(22)23-14(2,3)4)12(21)20-8-6-10(7-9-20)15(16,17)18/h10-11H,5-9H2,1-4H3,(H,19,22)/t11-/m1/s1. The predicted octanol–water partition coefficient (Wildman–Crippen LogP) is 3.09. The van der Waals surface area contributed by atoms with Crippen molar-refractivity contribution in [2.45, 2.75) is 64.8 Å². The lowest BCUT2D eigenvalue weighted by Gasteiger charge is -2.35. The molecule has 0 aromatic rings. The van der Waals surface area contributed by atoms with E-state index in [1.807, 2.05) is 0 Å². The molecule has 1 N–H and O–H groups in total. The third-order valence-electron chi connectivity index (χ3n) is 3.67. The summed E-state index contributed by atoms with van der Waals surface area (Å²) < 4.78 is 43.0. The van der Waals surface area contributed by atoms with Gasteiger partial charge in [0.25, 0.3) is 0 Å². The smallest absolute Gasteiger partial charge is 0.408 e. The number of carbonyl (C=O) groups excluding carboxylic acids is 2. The minimum atomic E-state index is -4.21. The molecule has 5 nitrogen and oxygen atoms in total. The number of halogens is 3. The Morgan fingerprint density at radius 3 is 2.13 bits per heavy atom. The van der Waals surface area contributed by atoms with Gasteiger partial charge in [-0.2, -0.15) is 13.2 Å². The predicted molar refractivity (Wildman–Crippen MR) is 78.8 cm³/mol. The first-order valence-electron chi connectivity index (χ1n) is 7.79. The molecule has 0 aromatic heterocycles. The zero-order valence-corrected chi connectivity index (χ0v) is 14.0. The zero-order chi connectivity index (χ0) is 17.8. The summed E-state index contributed by atoms with van der Waals surface area (Å²) in [6.07, 6.45) is -4.77. The van der Waals surface area contributed by atoms with Crippen LogP contribution in [0.25, 0.3) is 0 Å². The normalized spacial score (nSPS) is 18.5. The lowest BCUT2D eigenvalue weighted by atomic mass is 9.95. The van der Waals surface area contributed by atoms with Crippen LogP contribution in [0, 0.1) is 5.92 Å². The van der Waals surface area contributed by atoms with Crippen molar-refractivity contribution in [3.8, 4) is 0 Å². The van der Waals surface area contributed by atoms with Crippen molar-refractivity contribution in [3.63, 3.8) is 0 Å². The Bertz CT molecular complexity index is 425. The monoisotopic (exact) mass is 338 g/mol. The number of alkyl carbamates (subject to hydrolysis) is 1. The minimum Gasteiger partial charge on any atom is -0.444 e. The summed E-state index contributed by atoms with van der Waals surface area (Å²) in [6, 6.07) is -0.785. The molecule has 1 fully saturated rings. The maximum Gasteiger partial charge on any atom is 0.408 e. The van der Waals surface area contributed by atoms with E-state index >= 15 is 0 Å². The van der Waals surface area contributed by atoms with Gasteiger partial charge in [-0.3, -0.25) is 4.79 Å². The summed E-state index contributed by atoms with van der Waals surface area (Å²) in [5, 5.41) is 2.49. The Kier molecular flexibility index (Phi) is 6.30. The fourth-order valence-electron chi connectivity index (χ4n) is 2.44. The Labute approximate surface area is 134 Å². The van der Waals surface area contributed by atoms with Crippen LogP contribution in [-0.4, -0.2) is 47.8 Å². The summed E-state index contributed by atoms with van der Waals surface area (Å²) in [5.74, 6) is -1.72. The van der Waals surface area contributed by atoms with Crippen molar-refractivity contribution in [2.24, 2.45) is 5.92 Å². The summed E-state index contributed by atoms with van der Waals surface area (Å²) in [7, 11) is 0. The van der Waals surface area contributed by atoms with Crippen LogP contribution in [0.4, 0.5) is 18.0 Å². The number of likely N-dealkylation sites (tertiary alicyclic amines) is 1. The largest absolute Gasteiger partial charge is 0.444 e. The van der Waals surface area contributed by atoms with E-state index < -0.39 is 29.8 Å². The van der Waals surface area contributed by atoms with E-state index in [4.69, 9.17) is 4.74 Å². The lowest BCUT2D eigenvalue weighted by Crippen LogP contribution is -2.52. The number of hydrogen-bond donors (Lipinski definition) is 1. The van der Waals surface area contributed by atoms with Gasteiger partial charge in [0.1, 0.15) is 11.6 Å². The average Bonchev–Trinajstić information content (AvgIpc) is 2.41. The third-order valence-corrected chi connectivity index (χ3v) is 3.67. The Balaban J connectivity index is 2.56. The van der Waals surface area contributed by atoms with Gasteiger partial charge < -0.3 is 15.0 Å². The van der Waals surface area contributed by atoms with Gasteiger partial charge in [0.05, 0.1) is 5.92 Å². The number of amides is 2. The number of nitrogens with one attached hydrogen (secondary N) is 1. The first-order chi connectivity index (χ1) is 10.4. The van der Waals surface area contributed by atoms with E-state index in [-0.39, 0.29) is 31.8 Å². The number of alkyl halides is 3. The van der Waals surface area contributed by atoms with Gasteiger partial charge in [0, 0.05) is 13.1 Å². The molecule has 23 heavy (non-hydrogen) atoms. The topological polar surface area (TPSA) is 58.6 Å². The molecule has 2 amide bonds. The molecule has 134 valence electrons. The van der Waals surface area contributed by atoms with Crippen molar-refractivity contribution in [2.75, 3.05) is 13.1 Å². The Hall–Kier alpha value is -1.47. The molecule has 0 radical (unpaired) electrons. The van der Waals surface area contributed by atoms with Crippen molar-refractivity contribution in [1.82, 2.24) is 10.2 Å². The van der Waals surface area contributed by atoms with E-state index in [0.29, 0.717) is 6.42 Å². The van der Waals surface area contributed by atoms with Crippen LogP contribution < -0.4 is 5.32 Å². The first kappa shape index (κ1) is 19.6. The quantitative estimate of drug-likeness (QED) is 0.860. The molecule has 1 saturated heterocycles. The number of nitrogens with zero attached hydrogens (tertiary/aromatic N) is 1. The molecule has 0 saturated carbocycles. The molecule has 0 bridgehead atoms. The van der Waals surface area contributed by atoms with Crippen molar-refractivity contribution < 1.29 is 27.5 Å². The molecule has 1 heterocycles. The van der Waals surface area contributed by atoms with Crippen LogP contribution in [0.15, 0.2) is 0 Å². The van der Waals surface area contributed by atoms with Crippen LogP contribution in [0.1, 0.15) is 47.0 Å². The van der Waals surface area contributed by atoms with Crippen LogP contribution in [0.5, 0.6) is 0 Å². The second-order valence-corrected chi connectivity index (χ2v) is 6.75. The maximum absolute atomic E-state index is 12.6. The molecule has 0 aromatic carbocycles. The van der Waals surface area contributed by atoms with Crippen LogP contribution >= 0.6 is 0 Å². The van der Waals surface area contributed by atoms with Gasteiger partial charge >= 0.3 is 12.3 Å². The highest BCUT2D eigenvalue weighted by Gasteiger charge is 2.42. The second-order valence-electron chi connectivity index (χ2n) is 6.75. The molecule has 0 spiro atoms. The highest BCUT2D eigenvalue weighted by Crippen LogP contribution is 2.34. The summed E-state index contributed by atoms with van der Waals surface area (Å²) in [4.78, 5) is 25.5. The van der Waals surface area contributed by atoms with Gasteiger partial charge in [-0.15, -0.1) is 0 Å². The van der Waals surface area contributed by atoms with E-state index in [2.05, 4.69) is 5.32 Å². The van der Waals surface area contributed by atoms with Crippen molar-refractivity contribution in [1.29, 1.82) is 0 Å². The summed E-state index contributed by atoms with van der Waals surface area (Å²) in [6.45, 7) is 6.94.